The minimum atomic E-state index is -0.490. The maximum absolute atomic E-state index is 13.0. The van der Waals surface area contributed by atoms with Crippen molar-refractivity contribution in [3.05, 3.63) is 57.2 Å². The Labute approximate surface area is 154 Å². The third kappa shape index (κ3) is 2.61. The summed E-state index contributed by atoms with van der Waals surface area (Å²) in [5.41, 5.74) is 9.37. The summed E-state index contributed by atoms with van der Waals surface area (Å²) in [6.45, 7) is 5.67. The molecule has 0 unspecified atom stereocenters. The van der Waals surface area contributed by atoms with Gasteiger partial charge in [0.05, 0.1) is 28.5 Å². The van der Waals surface area contributed by atoms with Crippen molar-refractivity contribution in [1.82, 2.24) is 4.98 Å². The van der Waals surface area contributed by atoms with Crippen LogP contribution in [0.2, 0.25) is 0 Å². The number of rotatable bonds is 2. The zero-order chi connectivity index (χ0) is 19.3. The molecule has 0 radical (unpaired) electrons. The number of nitrogens with zero attached hydrogens (tertiary/aromatic N) is 1. The van der Waals surface area contributed by atoms with E-state index in [4.69, 9.17) is 14.9 Å². The van der Waals surface area contributed by atoms with E-state index in [2.05, 4.69) is 4.98 Å². The van der Waals surface area contributed by atoms with Gasteiger partial charge >= 0.3 is 5.97 Å². The van der Waals surface area contributed by atoms with E-state index >= 15 is 0 Å². The van der Waals surface area contributed by atoms with Gasteiger partial charge in [0.25, 0.3) is 0 Å². The Balaban J connectivity index is 2.10. The maximum Gasteiger partial charge on any atom is 0.340 e. The van der Waals surface area contributed by atoms with Crippen molar-refractivity contribution < 1.29 is 13.9 Å². The van der Waals surface area contributed by atoms with Gasteiger partial charge < -0.3 is 14.9 Å². The van der Waals surface area contributed by atoms with Gasteiger partial charge in [-0.15, -0.1) is 0 Å². The summed E-state index contributed by atoms with van der Waals surface area (Å²) in [5.74, 6) is -0.490. The Hall–Kier alpha value is -3.41. The molecule has 2 N–H and O–H groups in total. The molecule has 0 bridgehead atoms. The van der Waals surface area contributed by atoms with Crippen LogP contribution in [0.1, 0.15) is 28.4 Å². The van der Waals surface area contributed by atoms with Crippen molar-refractivity contribution >= 4 is 44.6 Å². The third-order valence-corrected chi connectivity index (χ3v) is 4.69. The molecule has 2 aromatic heterocycles. The number of esters is 1. The van der Waals surface area contributed by atoms with Crippen molar-refractivity contribution in [3.63, 3.8) is 0 Å². The molecule has 0 amide bonds. The summed E-state index contributed by atoms with van der Waals surface area (Å²) in [5, 5.41) is 1.53. The zero-order valence-corrected chi connectivity index (χ0v) is 15.3. The van der Waals surface area contributed by atoms with Gasteiger partial charge in [-0.2, -0.15) is 0 Å². The van der Waals surface area contributed by atoms with Crippen LogP contribution >= 0.6 is 0 Å². The van der Waals surface area contributed by atoms with Crippen LogP contribution in [0.5, 0.6) is 0 Å². The number of carbonyl (C=O) groups excluding carboxylic acids is 1. The summed E-state index contributed by atoms with van der Waals surface area (Å²) in [6.07, 6.45) is 0. The lowest BCUT2D eigenvalue weighted by Crippen LogP contribution is -2.11. The highest BCUT2D eigenvalue weighted by atomic mass is 16.5. The highest BCUT2D eigenvalue weighted by Gasteiger charge is 2.19. The molecule has 27 heavy (non-hydrogen) atoms. The van der Waals surface area contributed by atoms with E-state index in [1.54, 1.807) is 38.1 Å². The van der Waals surface area contributed by atoms with Crippen LogP contribution < -0.4 is 11.2 Å². The molecule has 136 valence electrons. The van der Waals surface area contributed by atoms with Gasteiger partial charge in [0.1, 0.15) is 5.58 Å². The molecule has 0 aliphatic heterocycles. The number of ether oxygens (including phenoxy) is 1. The molecule has 0 spiro atoms. The van der Waals surface area contributed by atoms with Gasteiger partial charge in [-0.3, -0.25) is 4.79 Å². The predicted octanol–water partition coefficient (Wildman–Crippen LogP) is 3.87. The van der Waals surface area contributed by atoms with Crippen LogP contribution in [0.4, 0.5) is 5.69 Å². The number of hydrogen-bond acceptors (Lipinski definition) is 6. The molecule has 6 heteroatoms. The van der Waals surface area contributed by atoms with Crippen molar-refractivity contribution in [2.75, 3.05) is 12.3 Å². The highest BCUT2D eigenvalue weighted by molar-refractivity contribution is 6.05. The number of aryl methyl sites for hydroxylation is 2. The number of nitrogens with two attached hydrogens (primary N) is 1. The Morgan fingerprint density at radius 3 is 2.67 bits per heavy atom. The van der Waals surface area contributed by atoms with E-state index in [1.165, 1.54) is 0 Å². The van der Waals surface area contributed by atoms with E-state index in [0.717, 1.165) is 5.56 Å². The second-order valence-electron chi connectivity index (χ2n) is 6.52. The lowest BCUT2D eigenvalue weighted by atomic mass is 10.00. The van der Waals surface area contributed by atoms with Crippen LogP contribution in [0.15, 0.2) is 39.5 Å². The smallest absolute Gasteiger partial charge is 0.340 e. The number of anilines is 1. The minimum Gasteiger partial charge on any atom is -0.462 e. The van der Waals surface area contributed by atoms with Gasteiger partial charge in [0, 0.05) is 11.1 Å². The SMILES string of the molecule is CCOC(=O)c1c(N)cc2nc3oc4ccc(C)cc4c(=O)c3cc2c1C. The Bertz CT molecular complexity index is 1310. The van der Waals surface area contributed by atoms with Crippen molar-refractivity contribution in [2.24, 2.45) is 0 Å². The van der Waals surface area contributed by atoms with Gasteiger partial charge in [0.2, 0.25) is 11.1 Å². The van der Waals surface area contributed by atoms with Crippen LogP contribution in [-0.4, -0.2) is 17.6 Å². The molecular weight excluding hydrogens is 344 g/mol. The largest absolute Gasteiger partial charge is 0.462 e. The number of fused-ring (bicyclic) bond motifs is 3. The fourth-order valence-corrected chi connectivity index (χ4v) is 3.37. The highest BCUT2D eigenvalue weighted by Crippen LogP contribution is 2.29. The quantitative estimate of drug-likeness (QED) is 0.330. The summed E-state index contributed by atoms with van der Waals surface area (Å²) in [6, 6.07) is 8.76. The number of hydrogen-bond donors (Lipinski definition) is 1. The van der Waals surface area contributed by atoms with Crippen LogP contribution in [0.3, 0.4) is 0 Å². The molecule has 2 heterocycles. The first-order chi connectivity index (χ1) is 12.9. The number of pyridine rings is 1. The first kappa shape index (κ1) is 17.0. The third-order valence-electron chi connectivity index (χ3n) is 4.69. The summed E-state index contributed by atoms with van der Waals surface area (Å²) < 4.78 is 10.9. The number of aromatic nitrogens is 1. The van der Waals surface area contributed by atoms with Crippen LogP contribution in [-0.2, 0) is 4.74 Å². The van der Waals surface area contributed by atoms with Gasteiger partial charge in [-0.1, -0.05) is 11.6 Å². The first-order valence-corrected chi connectivity index (χ1v) is 8.65. The molecular formula is C21H18N2O4. The fraction of sp³-hybridized carbons (Fsp3) is 0.190. The average molecular weight is 362 g/mol. The molecule has 0 aliphatic rings. The second-order valence-corrected chi connectivity index (χ2v) is 6.52. The first-order valence-electron chi connectivity index (χ1n) is 8.65. The Kier molecular flexibility index (Phi) is 3.84. The van der Waals surface area contributed by atoms with Crippen LogP contribution in [0, 0.1) is 13.8 Å². The van der Waals surface area contributed by atoms with E-state index in [9.17, 15) is 9.59 Å². The summed E-state index contributed by atoms with van der Waals surface area (Å²) in [4.78, 5) is 29.7. The zero-order valence-electron chi connectivity index (χ0n) is 15.3. The number of nitrogen functional groups attached to an aromatic ring is 1. The van der Waals surface area contributed by atoms with Gasteiger partial charge in [0.15, 0.2) is 0 Å². The normalized spacial score (nSPS) is 11.4. The molecule has 6 nitrogen and oxygen atoms in total. The fourth-order valence-electron chi connectivity index (χ4n) is 3.37. The van der Waals surface area contributed by atoms with E-state index in [0.29, 0.717) is 38.4 Å². The summed E-state index contributed by atoms with van der Waals surface area (Å²) >= 11 is 0. The van der Waals surface area contributed by atoms with Crippen molar-refractivity contribution in [3.8, 4) is 0 Å². The minimum absolute atomic E-state index is 0.154. The molecule has 0 fully saturated rings. The van der Waals surface area contributed by atoms with Crippen molar-refractivity contribution in [2.45, 2.75) is 20.8 Å². The molecule has 2 aromatic carbocycles. The van der Waals surface area contributed by atoms with E-state index < -0.39 is 5.97 Å². The monoisotopic (exact) mass is 362 g/mol. The lowest BCUT2D eigenvalue weighted by Gasteiger charge is -2.12. The summed E-state index contributed by atoms with van der Waals surface area (Å²) in [7, 11) is 0. The lowest BCUT2D eigenvalue weighted by molar-refractivity contribution is 0.0527. The van der Waals surface area contributed by atoms with Crippen LogP contribution in [0.25, 0.3) is 33.0 Å². The molecule has 0 atom stereocenters. The molecule has 0 saturated carbocycles. The van der Waals surface area contributed by atoms with E-state index in [-0.39, 0.29) is 23.4 Å². The maximum atomic E-state index is 13.0. The van der Waals surface area contributed by atoms with Crippen molar-refractivity contribution in [1.29, 1.82) is 0 Å². The topological polar surface area (TPSA) is 95.4 Å². The predicted molar refractivity (Wildman–Crippen MR) is 105 cm³/mol. The number of benzene rings is 2. The molecule has 0 saturated heterocycles. The standard InChI is InChI=1S/C21H18N2O4/c1-4-26-21(25)18-11(3)12-8-14-19(24)13-7-10(2)5-6-17(13)27-20(14)23-16(12)9-15(18)22/h5-9H,4,22H2,1-3H3. The number of carbonyl (C=O) groups is 1. The van der Waals surface area contributed by atoms with E-state index in [1.807, 2.05) is 13.0 Å². The molecule has 4 aromatic rings. The molecule has 4 rings (SSSR count). The van der Waals surface area contributed by atoms with Gasteiger partial charge in [-0.05, 0) is 50.6 Å². The van der Waals surface area contributed by atoms with Gasteiger partial charge in [-0.25, -0.2) is 9.78 Å². The second kappa shape index (κ2) is 6.09. The average Bonchev–Trinajstić information content (AvgIpc) is 2.62. The molecule has 0 aliphatic carbocycles. The Morgan fingerprint density at radius 2 is 1.93 bits per heavy atom. The Morgan fingerprint density at radius 1 is 1.15 bits per heavy atom.